The second kappa shape index (κ2) is 5.62. The summed E-state index contributed by atoms with van der Waals surface area (Å²) in [6, 6.07) is 5.09. The van der Waals surface area contributed by atoms with Gasteiger partial charge in [0.25, 0.3) is 15.7 Å². The molecule has 1 heterocycles. The number of nitrogens with one attached hydrogen (secondary N) is 1. The van der Waals surface area contributed by atoms with Gasteiger partial charge in [0.15, 0.2) is 5.82 Å². The van der Waals surface area contributed by atoms with Crippen molar-refractivity contribution >= 4 is 33.0 Å². The number of sulfonamides is 1. The number of nitro groups is 1. The average molecular weight is 332 g/mol. The lowest BCUT2D eigenvalue weighted by atomic mass is 10.3. The van der Waals surface area contributed by atoms with Crippen LogP contribution >= 0.6 is 11.6 Å². The highest BCUT2D eigenvalue weighted by Gasteiger charge is 2.21. The molecule has 0 saturated heterocycles. The van der Waals surface area contributed by atoms with E-state index in [9.17, 15) is 22.9 Å². The van der Waals surface area contributed by atoms with E-state index in [2.05, 4.69) is 4.98 Å². The highest BCUT2D eigenvalue weighted by molar-refractivity contribution is 7.92. The average Bonchev–Trinajstić information content (AvgIpc) is 2.41. The van der Waals surface area contributed by atoms with Gasteiger partial charge in [-0.2, -0.15) is 0 Å². The van der Waals surface area contributed by atoms with E-state index in [0.29, 0.717) is 6.07 Å². The van der Waals surface area contributed by atoms with Crippen molar-refractivity contribution < 1.29 is 17.7 Å². The number of nitro benzene ring substituents is 1. The van der Waals surface area contributed by atoms with Gasteiger partial charge in [0, 0.05) is 12.3 Å². The molecule has 0 radical (unpaired) electrons. The van der Waals surface area contributed by atoms with Gasteiger partial charge in [0.05, 0.1) is 16.7 Å². The van der Waals surface area contributed by atoms with E-state index in [0.717, 1.165) is 12.1 Å². The molecule has 0 saturated carbocycles. The Hall–Kier alpha value is -2.26. The zero-order valence-corrected chi connectivity index (χ0v) is 11.7. The van der Waals surface area contributed by atoms with Crippen LogP contribution in [0.3, 0.4) is 0 Å². The van der Waals surface area contributed by atoms with E-state index in [1.54, 1.807) is 0 Å². The molecule has 0 aliphatic carbocycles. The predicted octanol–water partition coefficient (Wildman–Crippen LogP) is 2.58. The Balaban J connectivity index is 2.38. The lowest BCUT2D eigenvalue weighted by Gasteiger charge is -2.09. The second-order valence-electron chi connectivity index (χ2n) is 3.82. The number of hydrogen-bond donors (Lipinski definition) is 1. The van der Waals surface area contributed by atoms with Gasteiger partial charge in [0.1, 0.15) is 10.0 Å². The zero-order valence-electron chi connectivity index (χ0n) is 10.2. The van der Waals surface area contributed by atoms with Crippen LogP contribution in [0.25, 0.3) is 0 Å². The molecule has 0 spiro atoms. The molecule has 1 aromatic heterocycles. The fourth-order valence-electron chi connectivity index (χ4n) is 1.47. The quantitative estimate of drug-likeness (QED) is 0.527. The van der Waals surface area contributed by atoms with Crippen LogP contribution in [0.5, 0.6) is 0 Å². The SMILES string of the molecule is O=[N+]([O-])c1ccc(NS(=O)(=O)c2cccnc2Cl)c(F)c1. The first-order valence-corrected chi connectivity index (χ1v) is 7.24. The number of aromatic nitrogens is 1. The van der Waals surface area contributed by atoms with Gasteiger partial charge in [-0.15, -0.1) is 0 Å². The van der Waals surface area contributed by atoms with Crippen LogP contribution < -0.4 is 4.72 Å². The molecule has 0 aliphatic rings. The minimum absolute atomic E-state index is 0.271. The number of pyridine rings is 1. The largest absolute Gasteiger partial charge is 0.277 e. The van der Waals surface area contributed by atoms with Gasteiger partial charge in [-0.05, 0) is 18.2 Å². The Bertz CT molecular complexity index is 813. The molecule has 0 aliphatic heterocycles. The number of non-ortho nitro benzene ring substituents is 1. The van der Waals surface area contributed by atoms with Crippen LogP contribution in [0.15, 0.2) is 41.4 Å². The number of nitrogens with zero attached hydrogens (tertiary/aromatic N) is 2. The fraction of sp³-hybridized carbons (Fsp3) is 0. The molecular formula is C11H7ClFN3O4S. The fourth-order valence-corrected chi connectivity index (χ4v) is 2.99. The Morgan fingerprint density at radius 1 is 1.33 bits per heavy atom. The summed E-state index contributed by atoms with van der Waals surface area (Å²) in [6.07, 6.45) is 1.30. The normalized spacial score (nSPS) is 11.1. The summed E-state index contributed by atoms with van der Waals surface area (Å²) in [5.74, 6) is -1.08. The summed E-state index contributed by atoms with van der Waals surface area (Å²) < 4.78 is 39.8. The molecule has 0 amide bonds. The Morgan fingerprint density at radius 2 is 2.05 bits per heavy atom. The standard InChI is InChI=1S/C11H7ClFN3O4S/c12-11-10(2-1-5-14-11)21(19,20)15-9-4-3-7(16(17)18)6-8(9)13/h1-6,15H. The van der Waals surface area contributed by atoms with Gasteiger partial charge in [-0.1, -0.05) is 11.6 Å². The lowest BCUT2D eigenvalue weighted by Crippen LogP contribution is -2.15. The van der Waals surface area contributed by atoms with Gasteiger partial charge in [-0.25, -0.2) is 17.8 Å². The maximum absolute atomic E-state index is 13.7. The monoisotopic (exact) mass is 331 g/mol. The number of rotatable bonds is 4. The predicted molar refractivity (Wildman–Crippen MR) is 73.1 cm³/mol. The van der Waals surface area contributed by atoms with Crippen molar-refractivity contribution in [3.8, 4) is 0 Å². The first-order valence-electron chi connectivity index (χ1n) is 5.38. The summed E-state index contributed by atoms with van der Waals surface area (Å²) in [7, 11) is -4.15. The minimum atomic E-state index is -4.15. The molecule has 0 atom stereocenters. The maximum atomic E-state index is 13.7. The molecule has 0 bridgehead atoms. The van der Waals surface area contributed by atoms with E-state index in [-0.39, 0.29) is 10.0 Å². The zero-order chi connectivity index (χ0) is 15.6. The maximum Gasteiger partial charge on any atom is 0.272 e. The van der Waals surface area contributed by atoms with E-state index in [4.69, 9.17) is 11.6 Å². The highest BCUT2D eigenvalue weighted by Crippen LogP contribution is 2.25. The molecule has 7 nitrogen and oxygen atoms in total. The molecule has 110 valence electrons. The van der Waals surface area contributed by atoms with E-state index >= 15 is 0 Å². The van der Waals surface area contributed by atoms with Crippen LogP contribution in [0.2, 0.25) is 5.15 Å². The molecule has 1 aromatic carbocycles. The van der Waals surface area contributed by atoms with E-state index in [1.807, 2.05) is 4.72 Å². The second-order valence-corrected chi connectivity index (χ2v) is 5.83. The topological polar surface area (TPSA) is 102 Å². The number of anilines is 1. The van der Waals surface area contributed by atoms with Crippen molar-refractivity contribution in [1.29, 1.82) is 0 Å². The van der Waals surface area contributed by atoms with Crippen molar-refractivity contribution in [1.82, 2.24) is 4.98 Å². The van der Waals surface area contributed by atoms with Gasteiger partial charge in [0.2, 0.25) is 0 Å². The Morgan fingerprint density at radius 3 is 2.62 bits per heavy atom. The van der Waals surface area contributed by atoms with Crippen LogP contribution in [0, 0.1) is 15.9 Å². The van der Waals surface area contributed by atoms with Crippen molar-refractivity contribution in [2.75, 3.05) is 4.72 Å². The summed E-state index contributed by atoms with van der Waals surface area (Å²) in [5.41, 5.74) is -0.921. The molecule has 2 aromatic rings. The van der Waals surface area contributed by atoms with E-state index in [1.165, 1.54) is 18.3 Å². The van der Waals surface area contributed by atoms with Crippen LogP contribution in [-0.2, 0) is 10.0 Å². The van der Waals surface area contributed by atoms with Gasteiger partial charge >= 0.3 is 0 Å². The summed E-state index contributed by atoms with van der Waals surface area (Å²) in [5, 5.41) is 10.2. The van der Waals surface area contributed by atoms with Gasteiger partial charge < -0.3 is 0 Å². The first-order chi connectivity index (χ1) is 9.81. The van der Waals surface area contributed by atoms with Crippen LogP contribution in [0.1, 0.15) is 0 Å². The Kier molecular flexibility index (Phi) is 4.05. The molecule has 0 fully saturated rings. The summed E-state index contributed by atoms with van der Waals surface area (Å²) in [6.45, 7) is 0. The highest BCUT2D eigenvalue weighted by atomic mass is 35.5. The number of halogens is 2. The van der Waals surface area contributed by atoms with Crippen molar-refractivity contribution in [3.63, 3.8) is 0 Å². The van der Waals surface area contributed by atoms with Crippen LogP contribution in [0.4, 0.5) is 15.8 Å². The lowest BCUT2D eigenvalue weighted by molar-refractivity contribution is -0.385. The molecule has 1 N–H and O–H groups in total. The van der Waals surface area contributed by atoms with Crippen molar-refractivity contribution in [2.24, 2.45) is 0 Å². The molecule has 10 heteroatoms. The first kappa shape index (κ1) is 15.1. The Labute approximate surface area is 123 Å². The number of hydrogen-bond acceptors (Lipinski definition) is 5. The third kappa shape index (κ3) is 3.26. The van der Waals surface area contributed by atoms with Crippen LogP contribution in [-0.4, -0.2) is 18.3 Å². The molecule has 21 heavy (non-hydrogen) atoms. The van der Waals surface area contributed by atoms with Gasteiger partial charge in [-0.3, -0.25) is 14.8 Å². The molecule has 0 unspecified atom stereocenters. The van der Waals surface area contributed by atoms with Crippen molar-refractivity contribution in [3.05, 3.63) is 57.6 Å². The third-order valence-corrected chi connectivity index (χ3v) is 4.23. The third-order valence-electron chi connectivity index (χ3n) is 2.42. The molecular weight excluding hydrogens is 325 g/mol. The number of benzene rings is 1. The van der Waals surface area contributed by atoms with Crippen molar-refractivity contribution in [2.45, 2.75) is 4.90 Å². The molecule has 2 rings (SSSR count). The smallest absolute Gasteiger partial charge is 0.272 e. The minimum Gasteiger partial charge on any atom is -0.277 e. The van der Waals surface area contributed by atoms with E-state index < -0.39 is 32.1 Å². The summed E-state index contributed by atoms with van der Waals surface area (Å²) in [4.78, 5) is 13.0. The summed E-state index contributed by atoms with van der Waals surface area (Å²) >= 11 is 5.67.